The molecule has 1 saturated carbocycles. The average molecular weight is 260 g/mol. The Morgan fingerprint density at radius 3 is 2.53 bits per heavy atom. The summed E-state index contributed by atoms with van der Waals surface area (Å²) in [6.07, 6.45) is 4.39. The highest BCUT2D eigenvalue weighted by Gasteiger charge is 2.20. The summed E-state index contributed by atoms with van der Waals surface area (Å²) >= 11 is 0. The van der Waals surface area contributed by atoms with Gasteiger partial charge in [-0.15, -0.1) is 0 Å². The van der Waals surface area contributed by atoms with Crippen molar-refractivity contribution in [3.63, 3.8) is 0 Å². The van der Waals surface area contributed by atoms with E-state index >= 15 is 0 Å². The molecule has 0 radical (unpaired) electrons. The van der Waals surface area contributed by atoms with Crippen molar-refractivity contribution in [2.45, 2.75) is 45.6 Å². The van der Waals surface area contributed by atoms with Gasteiger partial charge in [-0.1, -0.05) is 25.5 Å². The van der Waals surface area contributed by atoms with E-state index in [-0.39, 0.29) is 5.91 Å². The molecule has 1 aromatic carbocycles. The predicted molar refractivity (Wildman–Crippen MR) is 79.1 cm³/mol. The molecule has 1 aliphatic carbocycles. The van der Waals surface area contributed by atoms with Gasteiger partial charge in [-0.05, 0) is 49.9 Å². The smallest absolute Gasteiger partial charge is 0.224 e. The first-order chi connectivity index (χ1) is 9.19. The lowest BCUT2D eigenvalue weighted by molar-refractivity contribution is -0.117. The van der Waals surface area contributed by atoms with Crippen LogP contribution >= 0.6 is 0 Å². The highest BCUT2D eigenvalue weighted by atomic mass is 16.1. The van der Waals surface area contributed by atoms with Crippen molar-refractivity contribution in [2.75, 3.05) is 11.9 Å². The Bertz CT molecular complexity index is 409. The molecule has 104 valence electrons. The van der Waals surface area contributed by atoms with Gasteiger partial charge in [0.25, 0.3) is 0 Å². The molecular weight excluding hydrogens is 236 g/mol. The average Bonchev–Trinajstić information content (AvgIpc) is 2.35. The monoisotopic (exact) mass is 260 g/mol. The molecule has 1 atom stereocenters. The van der Waals surface area contributed by atoms with E-state index in [0.717, 1.165) is 12.2 Å². The molecule has 1 amide bonds. The summed E-state index contributed by atoms with van der Waals surface area (Å²) in [6.45, 7) is 5.21. The molecule has 1 aromatic rings. The van der Waals surface area contributed by atoms with Gasteiger partial charge in [0.05, 0.1) is 0 Å². The molecule has 2 rings (SSSR count). The molecule has 1 unspecified atom stereocenters. The second-order valence-electron chi connectivity index (χ2n) is 5.45. The van der Waals surface area contributed by atoms with Crippen molar-refractivity contribution in [3.05, 3.63) is 29.8 Å². The molecule has 19 heavy (non-hydrogen) atoms. The number of nitrogens with one attached hydrogen (secondary N) is 2. The molecular formula is C16H24N2O. The Morgan fingerprint density at radius 1 is 1.32 bits per heavy atom. The van der Waals surface area contributed by atoms with Crippen molar-refractivity contribution in [1.29, 1.82) is 0 Å². The fraction of sp³-hybridized carbons (Fsp3) is 0.562. The first kappa shape index (κ1) is 14.1. The summed E-state index contributed by atoms with van der Waals surface area (Å²) in [7, 11) is 0. The van der Waals surface area contributed by atoms with Gasteiger partial charge in [0.1, 0.15) is 0 Å². The summed E-state index contributed by atoms with van der Waals surface area (Å²) in [5, 5.41) is 6.36. The van der Waals surface area contributed by atoms with E-state index in [9.17, 15) is 4.79 Å². The lowest BCUT2D eigenvalue weighted by Gasteiger charge is -2.24. The number of benzene rings is 1. The summed E-state index contributed by atoms with van der Waals surface area (Å²) < 4.78 is 0. The number of carbonyl (C=O) groups is 1. The Balaban J connectivity index is 1.85. The molecule has 0 aromatic heterocycles. The van der Waals surface area contributed by atoms with E-state index in [1.54, 1.807) is 0 Å². The minimum Gasteiger partial charge on any atom is -0.326 e. The molecule has 0 heterocycles. The van der Waals surface area contributed by atoms with Crippen LogP contribution in [0.4, 0.5) is 5.69 Å². The van der Waals surface area contributed by atoms with E-state index in [1.165, 1.54) is 24.8 Å². The largest absolute Gasteiger partial charge is 0.326 e. The summed E-state index contributed by atoms with van der Waals surface area (Å²) in [4.78, 5) is 11.8. The van der Waals surface area contributed by atoms with Gasteiger partial charge in [-0.2, -0.15) is 0 Å². The van der Waals surface area contributed by atoms with Gasteiger partial charge in [0.15, 0.2) is 0 Å². The van der Waals surface area contributed by atoms with Crippen LogP contribution in [0.1, 0.15) is 51.1 Å². The minimum atomic E-state index is 0.150. The Labute approximate surface area is 115 Å². The number of carbonyl (C=O) groups excluding carboxylic acids is 1. The second-order valence-corrected chi connectivity index (χ2v) is 5.45. The lowest BCUT2D eigenvalue weighted by Crippen LogP contribution is -2.21. The van der Waals surface area contributed by atoms with Crippen LogP contribution in [0.15, 0.2) is 24.3 Å². The lowest BCUT2D eigenvalue weighted by atomic mass is 9.83. The summed E-state index contributed by atoms with van der Waals surface area (Å²) in [5.41, 5.74) is 2.15. The Hall–Kier alpha value is -1.35. The first-order valence-corrected chi connectivity index (χ1v) is 7.32. The quantitative estimate of drug-likeness (QED) is 0.822. The SMILES string of the molecule is CCNC(C)c1ccc(NC(=O)CC2CCC2)cc1. The number of anilines is 1. The summed E-state index contributed by atoms with van der Waals surface area (Å²) in [6, 6.07) is 8.48. The highest BCUT2D eigenvalue weighted by Crippen LogP contribution is 2.29. The predicted octanol–water partition coefficient (Wildman–Crippen LogP) is 3.49. The van der Waals surface area contributed by atoms with Crippen LogP contribution in [0.25, 0.3) is 0 Å². The van der Waals surface area contributed by atoms with Gasteiger partial charge in [-0.25, -0.2) is 0 Å². The van der Waals surface area contributed by atoms with Gasteiger partial charge in [-0.3, -0.25) is 4.79 Å². The third kappa shape index (κ3) is 4.06. The van der Waals surface area contributed by atoms with Crippen molar-refractivity contribution < 1.29 is 4.79 Å². The van der Waals surface area contributed by atoms with Crippen molar-refractivity contribution in [2.24, 2.45) is 5.92 Å². The van der Waals surface area contributed by atoms with E-state index in [2.05, 4.69) is 36.6 Å². The van der Waals surface area contributed by atoms with Crippen LogP contribution in [0.2, 0.25) is 0 Å². The van der Waals surface area contributed by atoms with E-state index in [0.29, 0.717) is 18.4 Å². The number of hydrogen-bond donors (Lipinski definition) is 2. The maximum atomic E-state index is 11.8. The maximum Gasteiger partial charge on any atom is 0.224 e. The molecule has 2 N–H and O–H groups in total. The maximum absolute atomic E-state index is 11.8. The van der Waals surface area contributed by atoms with Crippen molar-refractivity contribution in [1.82, 2.24) is 5.32 Å². The number of hydrogen-bond acceptors (Lipinski definition) is 2. The van der Waals surface area contributed by atoms with Gasteiger partial charge < -0.3 is 10.6 Å². The number of rotatable bonds is 6. The van der Waals surface area contributed by atoms with Crippen LogP contribution in [0, 0.1) is 5.92 Å². The Morgan fingerprint density at radius 2 is 2.00 bits per heavy atom. The minimum absolute atomic E-state index is 0.150. The van der Waals surface area contributed by atoms with Crippen LogP contribution in [-0.4, -0.2) is 12.5 Å². The van der Waals surface area contributed by atoms with Crippen LogP contribution in [0.5, 0.6) is 0 Å². The molecule has 1 fully saturated rings. The molecule has 0 bridgehead atoms. The molecule has 0 saturated heterocycles. The molecule has 3 heteroatoms. The van der Waals surface area contributed by atoms with Crippen LogP contribution in [-0.2, 0) is 4.79 Å². The zero-order chi connectivity index (χ0) is 13.7. The molecule has 0 spiro atoms. The highest BCUT2D eigenvalue weighted by molar-refractivity contribution is 5.90. The Kier molecular flexibility index (Phi) is 4.97. The normalized spacial score (nSPS) is 16.7. The van der Waals surface area contributed by atoms with Crippen LogP contribution in [0.3, 0.4) is 0 Å². The fourth-order valence-electron chi connectivity index (χ4n) is 2.45. The zero-order valence-electron chi connectivity index (χ0n) is 11.9. The first-order valence-electron chi connectivity index (χ1n) is 7.32. The van der Waals surface area contributed by atoms with Crippen molar-refractivity contribution >= 4 is 11.6 Å². The molecule has 1 aliphatic rings. The zero-order valence-corrected chi connectivity index (χ0v) is 11.9. The standard InChI is InChI=1S/C16H24N2O/c1-3-17-12(2)14-7-9-15(10-8-14)18-16(19)11-13-5-4-6-13/h7-10,12-13,17H,3-6,11H2,1-2H3,(H,18,19). The van der Waals surface area contributed by atoms with Gasteiger partial charge in [0.2, 0.25) is 5.91 Å². The van der Waals surface area contributed by atoms with E-state index in [4.69, 9.17) is 0 Å². The van der Waals surface area contributed by atoms with Crippen molar-refractivity contribution in [3.8, 4) is 0 Å². The molecule has 3 nitrogen and oxygen atoms in total. The third-order valence-electron chi connectivity index (χ3n) is 3.90. The van der Waals surface area contributed by atoms with E-state index in [1.807, 2.05) is 12.1 Å². The summed E-state index contributed by atoms with van der Waals surface area (Å²) in [5.74, 6) is 0.769. The number of amides is 1. The van der Waals surface area contributed by atoms with Gasteiger partial charge >= 0.3 is 0 Å². The van der Waals surface area contributed by atoms with Crippen LogP contribution < -0.4 is 10.6 Å². The van der Waals surface area contributed by atoms with Gasteiger partial charge in [0, 0.05) is 18.2 Å². The second kappa shape index (κ2) is 6.71. The fourth-order valence-corrected chi connectivity index (χ4v) is 2.45. The van der Waals surface area contributed by atoms with E-state index < -0.39 is 0 Å². The molecule has 0 aliphatic heterocycles. The third-order valence-corrected chi connectivity index (χ3v) is 3.90. The topological polar surface area (TPSA) is 41.1 Å².